The topological polar surface area (TPSA) is 75.7 Å². The summed E-state index contributed by atoms with van der Waals surface area (Å²) in [7, 11) is -4.50. The molecule has 0 aliphatic rings. The summed E-state index contributed by atoms with van der Waals surface area (Å²) in [6.07, 6.45) is 0. The Hall–Kier alpha value is -0.223. The van der Waals surface area contributed by atoms with Crippen LogP contribution in [0.5, 0.6) is 0 Å². The van der Waals surface area contributed by atoms with Gasteiger partial charge in [-0.2, -0.15) is 0 Å². The van der Waals surface area contributed by atoms with Crippen LogP contribution in [0.4, 0.5) is 4.79 Å². The Labute approximate surface area is 94.9 Å². The van der Waals surface area contributed by atoms with Crippen LogP contribution in [0.25, 0.3) is 0 Å². The summed E-state index contributed by atoms with van der Waals surface area (Å²) in [6.45, 7) is 2.68. The molecule has 0 aliphatic carbocycles. The van der Waals surface area contributed by atoms with Crippen molar-refractivity contribution >= 4 is 13.3 Å². The third kappa shape index (κ3) is 6.26. The Balaban J connectivity index is 0. The summed E-state index contributed by atoms with van der Waals surface area (Å²) in [5.74, 6) is 4.83. The molecule has 0 spiro atoms. The Morgan fingerprint density at radius 1 is 1.57 bits per heavy atom. The first-order valence-corrected chi connectivity index (χ1v) is 5.11. The first-order chi connectivity index (χ1) is 6.04. The van der Waals surface area contributed by atoms with Gasteiger partial charge in [0.2, 0.25) is 7.60 Å². The summed E-state index contributed by atoms with van der Waals surface area (Å²) in [5, 5.41) is 0. The molecule has 0 saturated carbocycles. The maximum absolute atomic E-state index is 10.8. The van der Waals surface area contributed by atoms with Crippen LogP contribution < -0.4 is 23.8 Å². The van der Waals surface area contributed by atoms with Crippen molar-refractivity contribution in [2.45, 2.75) is 13.8 Å². The van der Waals surface area contributed by atoms with Crippen LogP contribution in [-0.4, -0.2) is 18.9 Å². The van der Waals surface area contributed by atoms with E-state index in [0.717, 1.165) is 0 Å². The number of rotatable bonds is 4. The molecule has 1 unspecified atom stereocenters. The second kappa shape index (κ2) is 8.12. The smallest absolute Gasteiger partial charge is 0.770 e. The van der Waals surface area contributed by atoms with Crippen LogP contribution in [0.3, 0.4) is 0 Å². The van der Waals surface area contributed by atoms with Gasteiger partial charge in [0.15, 0.2) is 6.61 Å². The fourth-order valence-electron chi connectivity index (χ4n) is 0.472. The van der Waals surface area contributed by atoms with E-state index in [0.29, 0.717) is 0 Å². The third-order valence-electron chi connectivity index (χ3n) is 0.967. The van der Waals surface area contributed by atoms with Gasteiger partial charge >= 0.3 is 24.6 Å². The van der Waals surface area contributed by atoms with E-state index in [1.807, 2.05) is 0 Å². The maximum Gasteiger partial charge on any atom is 1.00 e. The Kier molecular flexibility index (Phi) is 9.40. The molecule has 0 aliphatic heterocycles. The maximum atomic E-state index is 10.8. The molecule has 0 fully saturated rings. The molecule has 1 atom stereocenters. The monoisotopic (exact) mass is 212 g/mol. The minimum absolute atomic E-state index is 0. The number of hydrogen-bond donors (Lipinski definition) is 0. The number of carbonyl (C=O) groups is 1. The van der Waals surface area contributed by atoms with Gasteiger partial charge in [-0.15, -0.1) is 5.92 Å². The van der Waals surface area contributed by atoms with E-state index in [2.05, 4.69) is 21.1 Å². The average molecular weight is 212 g/mol. The molecular weight excluding hydrogens is 202 g/mol. The molecule has 0 radical (unpaired) electrons. The van der Waals surface area contributed by atoms with Crippen LogP contribution in [0.1, 0.15) is 13.8 Å². The molecule has 0 N–H and O–H groups in total. The van der Waals surface area contributed by atoms with Gasteiger partial charge in [-0.1, -0.05) is 5.92 Å². The Bertz CT molecular complexity index is 280. The zero-order valence-electron chi connectivity index (χ0n) is 8.40. The van der Waals surface area contributed by atoms with E-state index in [-0.39, 0.29) is 32.1 Å². The summed E-state index contributed by atoms with van der Waals surface area (Å²) in [4.78, 5) is 21.5. The van der Waals surface area contributed by atoms with Gasteiger partial charge in [0.1, 0.15) is 0 Å². The van der Waals surface area contributed by atoms with Crippen molar-refractivity contribution in [3.63, 3.8) is 0 Å². The number of ether oxygens (including phenoxy) is 1. The molecule has 0 aromatic carbocycles. The first-order valence-electron chi connectivity index (χ1n) is 3.57. The van der Waals surface area contributed by atoms with Crippen LogP contribution in [0, 0.1) is 11.8 Å². The normalized spacial score (nSPS) is 12.8. The molecule has 0 aromatic heterocycles. The molecular formula is C7H10LiO5P. The molecule has 0 bridgehead atoms. The van der Waals surface area contributed by atoms with E-state index >= 15 is 0 Å². The van der Waals surface area contributed by atoms with E-state index in [1.165, 1.54) is 6.92 Å². The van der Waals surface area contributed by atoms with E-state index in [9.17, 15) is 14.3 Å². The van der Waals surface area contributed by atoms with Gasteiger partial charge in [0.25, 0.3) is 0 Å². The van der Waals surface area contributed by atoms with Crippen molar-refractivity contribution in [3.05, 3.63) is 0 Å². The minimum Gasteiger partial charge on any atom is -0.770 e. The predicted octanol–water partition coefficient (Wildman–Crippen LogP) is -2.26. The van der Waals surface area contributed by atoms with E-state index in [4.69, 9.17) is 0 Å². The fraction of sp³-hybridized carbons (Fsp3) is 0.571. The number of carbonyl (C=O) groups excluding carboxylic acids is 1. The molecule has 0 amide bonds. The summed E-state index contributed by atoms with van der Waals surface area (Å²) in [6, 6.07) is 0. The average Bonchev–Trinajstić information content (AvgIpc) is 2.04. The quantitative estimate of drug-likeness (QED) is 0.298. The zero-order valence-corrected chi connectivity index (χ0v) is 9.30. The Morgan fingerprint density at radius 3 is 2.57 bits per heavy atom. The molecule has 74 valence electrons. The molecule has 14 heavy (non-hydrogen) atoms. The molecule has 0 saturated heterocycles. The third-order valence-corrected chi connectivity index (χ3v) is 2.14. The predicted molar refractivity (Wildman–Crippen MR) is 44.0 cm³/mol. The minimum atomic E-state index is -4.50. The fourth-order valence-corrected chi connectivity index (χ4v) is 1.14. The number of hydrogen-bond acceptors (Lipinski definition) is 5. The second-order valence-corrected chi connectivity index (χ2v) is 3.51. The van der Waals surface area contributed by atoms with Gasteiger partial charge in [-0.05, 0) is 13.8 Å². The molecule has 0 aromatic rings. The second-order valence-electron chi connectivity index (χ2n) is 1.90. The molecule has 7 heteroatoms. The summed E-state index contributed by atoms with van der Waals surface area (Å²) >= 11 is 0. The summed E-state index contributed by atoms with van der Waals surface area (Å²) < 4.78 is 19.3. The van der Waals surface area contributed by atoms with Crippen molar-refractivity contribution in [1.29, 1.82) is 0 Å². The van der Waals surface area contributed by atoms with Crippen molar-refractivity contribution < 1.29 is 42.4 Å². The van der Waals surface area contributed by atoms with Crippen molar-refractivity contribution in [1.82, 2.24) is 0 Å². The van der Waals surface area contributed by atoms with Gasteiger partial charge < -0.3 is 14.2 Å². The van der Waals surface area contributed by atoms with Crippen molar-refractivity contribution in [2.75, 3.05) is 13.2 Å². The van der Waals surface area contributed by atoms with E-state index in [1.54, 1.807) is 6.92 Å². The van der Waals surface area contributed by atoms with Crippen LogP contribution in [0.15, 0.2) is 0 Å². The largest absolute Gasteiger partial charge is 1.00 e. The van der Waals surface area contributed by atoms with E-state index < -0.39 is 13.3 Å². The molecule has 5 nitrogen and oxygen atoms in total. The van der Waals surface area contributed by atoms with Crippen molar-refractivity contribution in [2.24, 2.45) is 0 Å². The van der Waals surface area contributed by atoms with Gasteiger partial charge in [0, 0.05) is 0 Å². The Morgan fingerprint density at radius 2 is 2.14 bits per heavy atom. The standard InChI is InChI=1S/C7H11O5P.Li/c1-3-5-6-11-7(8)13(9,10)12-4-2;/h4,6H2,1-2H3,(H,9,10);/q;+1/p-1. The van der Waals surface area contributed by atoms with Crippen LogP contribution in [-0.2, 0) is 13.8 Å². The first kappa shape index (κ1) is 16.2. The summed E-state index contributed by atoms with van der Waals surface area (Å²) in [5.41, 5.74) is -1.38. The van der Waals surface area contributed by atoms with Gasteiger partial charge in [-0.3, -0.25) is 4.57 Å². The van der Waals surface area contributed by atoms with Crippen LogP contribution >= 0.6 is 7.60 Å². The van der Waals surface area contributed by atoms with Crippen molar-refractivity contribution in [3.8, 4) is 11.8 Å². The zero-order chi connectivity index (χ0) is 10.3. The molecule has 0 heterocycles. The van der Waals surface area contributed by atoms with Gasteiger partial charge in [0.05, 0.1) is 6.61 Å². The van der Waals surface area contributed by atoms with Gasteiger partial charge in [-0.25, -0.2) is 4.79 Å². The SMILES string of the molecule is CC#CCOC(=O)P(=O)([O-])OCC.[Li+]. The molecule has 0 rings (SSSR count). The van der Waals surface area contributed by atoms with Crippen LogP contribution in [0.2, 0.25) is 0 Å².